The molecule has 0 unspecified atom stereocenters. The van der Waals surface area contributed by atoms with Gasteiger partial charge >= 0.3 is 5.69 Å². The Bertz CT molecular complexity index is 1530. The fourth-order valence-electron chi connectivity index (χ4n) is 5.13. The van der Waals surface area contributed by atoms with Gasteiger partial charge < -0.3 is 10.7 Å². The Morgan fingerprint density at radius 1 is 1.19 bits per heavy atom. The number of halogens is 1. The Labute approximate surface area is 217 Å². The van der Waals surface area contributed by atoms with Crippen LogP contribution in [0.2, 0.25) is 0 Å². The van der Waals surface area contributed by atoms with Gasteiger partial charge in [-0.15, -0.1) is 0 Å². The largest absolute Gasteiger partial charge is 0.354 e. The summed E-state index contributed by atoms with van der Waals surface area (Å²) in [5.41, 5.74) is 12.1. The fourth-order valence-corrected chi connectivity index (χ4v) is 5.13. The highest BCUT2D eigenvalue weighted by Gasteiger charge is 2.21. The summed E-state index contributed by atoms with van der Waals surface area (Å²) in [6, 6.07) is 11.9. The number of fused-ring (bicyclic) bond motifs is 2. The van der Waals surface area contributed by atoms with Crippen molar-refractivity contribution in [3.05, 3.63) is 87.2 Å². The molecule has 1 aliphatic carbocycles. The summed E-state index contributed by atoms with van der Waals surface area (Å²) < 4.78 is 17.3. The van der Waals surface area contributed by atoms with Crippen LogP contribution in [0.3, 0.4) is 0 Å². The van der Waals surface area contributed by atoms with Crippen LogP contribution in [0.4, 0.5) is 4.39 Å². The predicted molar refractivity (Wildman–Crippen MR) is 150 cm³/mol. The summed E-state index contributed by atoms with van der Waals surface area (Å²) in [4.78, 5) is 20.4. The minimum Gasteiger partial charge on any atom is -0.339 e. The van der Waals surface area contributed by atoms with Gasteiger partial charge in [-0.2, -0.15) is 4.98 Å². The second kappa shape index (κ2) is 9.75. The number of nitrogens with two attached hydrogens (primary N) is 1. The summed E-state index contributed by atoms with van der Waals surface area (Å²) in [6.07, 6.45) is 10.2. The first-order valence-electron chi connectivity index (χ1n) is 13.1. The first kappa shape index (κ1) is 25.2. The molecule has 5 nitrogen and oxygen atoms in total. The molecule has 0 fully saturated rings. The second-order valence-corrected chi connectivity index (χ2v) is 11.3. The maximum Gasteiger partial charge on any atom is 0.354 e. The third-order valence-electron chi connectivity index (χ3n) is 7.25. The molecule has 2 aromatic heterocycles. The van der Waals surface area contributed by atoms with Crippen molar-refractivity contribution in [1.82, 2.24) is 14.5 Å². The molecule has 0 radical (unpaired) electrons. The van der Waals surface area contributed by atoms with E-state index in [-0.39, 0.29) is 23.0 Å². The van der Waals surface area contributed by atoms with Gasteiger partial charge in [-0.3, -0.25) is 4.57 Å². The molecule has 0 saturated carbocycles. The number of benzene rings is 2. The SMILES string of the molecule is C[C@H](N)CCCc1cc(-c2cc3cn(-c4ccc(C(C)(C)C)cc4)c(=O)nc3[nH]2)c(F)c2c1C=CCC2. The lowest BCUT2D eigenvalue weighted by atomic mass is 9.87. The normalized spacial score (nSPS) is 14.2. The highest BCUT2D eigenvalue weighted by molar-refractivity contribution is 5.83. The van der Waals surface area contributed by atoms with Gasteiger partial charge in [0, 0.05) is 23.2 Å². The molecule has 1 atom stereocenters. The van der Waals surface area contributed by atoms with Crippen molar-refractivity contribution < 1.29 is 4.39 Å². The van der Waals surface area contributed by atoms with E-state index in [4.69, 9.17) is 5.73 Å². The van der Waals surface area contributed by atoms with Gasteiger partial charge in [0.2, 0.25) is 0 Å². The molecular formula is C31H35FN4O. The molecular weight excluding hydrogens is 463 g/mol. The third kappa shape index (κ3) is 5.03. The van der Waals surface area contributed by atoms with Gasteiger partial charge in [0.1, 0.15) is 11.5 Å². The summed E-state index contributed by atoms with van der Waals surface area (Å²) in [6.45, 7) is 8.48. The van der Waals surface area contributed by atoms with Gasteiger partial charge in [0.25, 0.3) is 0 Å². The van der Waals surface area contributed by atoms with E-state index < -0.39 is 0 Å². The topological polar surface area (TPSA) is 76.7 Å². The predicted octanol–water partition coefficient (Wildman–Crippen LogP) is 6.45. The number of nitrogens with one attached hydrogen (secondary N) is 1. The summed E-state index contributed by atoms with van der Waals surface area (Å²) in [7, 11) is 0. The number of H-pyrrole nitrogens is 1. The number of hydrogen-bond acceptors (Lipinski definition) is 3. The first-order chi connectivity index (χ1) is 17.6. The summed E-state index contributed by atoms with van der Waals surface area (Å²) in [5, 5.41) is 0.755. The molecule has 0 bridgehead atoms. The maximum absolute atomic E-state index is 15.8. The van der Waals surface area contributed by atoms with Crippen molar-refractivity contribution in [2.45, 2.75) is 71.3 Å². The maximum atomic E-state index is 15.8. The van der Waals surface area contributed by atoms with Crippen molar-refractivity contribution >= 4 is 17.1 Å². The third-order valence-corrected chi connectivity index (χ3v) is 7.25. The molecule has 0 amide bonds. The van der Waals surface area contributed by atoms with Gasteiger partial charge in [-0.1, -0.05) is 45.1 Å². The molecule has 6 heteroatoms. The number of aromatic nitrogens is 3. The van der Waals surface area contributed by atoms with Gasteiger partial charge in [0.05, 0.1) is 11.4 Å². The van der Waals surface area contributed by atoms with Crippen LogP contribution in [-0.2, 0) is 18.3 Å². The van der Waals surface area contributed by atoms with Crippen LogP contribution < -0.4 is 11.4 Å². The number of hydrogen-bond donors (Lipinski definition) is 2. The van der Waals surface area contributed by atoms with Gasteiger partial charge in [-0.05, 0) is 91.0 Å². The van der Waals surface area contributed by atoms with E-state index in [1.807, 2.05) is 43.3 Å². The van der Waals surface area contributed by atoms with E-state index in [9.17, 15) is 4.79 Å². The van der Waals surface area contributed by atoms with Crippen LogP contribution >= 0.6 is 0 Å². The Morgan fingerprint density at radius 2 is 1.95 bits per heavy atom. The molecule has 0 saturated heterocycles. The number of allylic oxidation sites excluding steroid dienone is 1. The van der Waals surface area contributed by atoms with Gasteiger partial charge in [-0.25, -0.2) is 9.18 Å². The zero-order valence-corrected chi connectivity index (χ0v) is 22.1. The number of aryl methyl sites for hydroxylation is 1. The minimum atomic E-state index is -0.378. The molecule has 0 aliphatic heterocycles. The summed E-state index contributed by atoms with van der Waals surface area (Å²) >= 11 is 0. The zero-order valence-electron chi connectivity index (χ0n) is 22.1. The Balaban J connectivity index is 1.56. The molecule has 37 heavy (non-hydrogen) atoms. The molecule has 0 spiro atoms. The lowest BCUT2D eigenvalue weighted by Crippen LogP contribution is -2.20. The van der Waals surface area contributed by atoms with Crippen LogP contribution in [0.5, 0.6) is 0 Å². The standard InChI is InChI=1S/C31H35FN4O/c1-19(33)8-7-9-20-16-26(28(32)25-11-6-5-10-24(20)25)27-17-21-18-36(30(37)35-29(21)34-27)23-14-12-22(13-15-23)31(2,3)4/h5,10,12-19H,6-9,11,33H2,1-4H3,(H,34,35,37)/t19-/m0/s1. The molecule has 4 aromatic rings. The van der Waals surface area contributed by atoms with E-state index >= 15 is 4.39 Å². The van der Waals surface area contributed by atoms with Crippen molar-refractivity contribution in [2.75, 3.05) is 0 Å². The molecule has 2 aromatic carbocycles. The van der Waals surface area contributed by atoms with Crippen molar-refractivity contribution in [1.29, 1.82) is 0 Å². The van der Waals surface area contributed by atoms with Crippen molar-refractivity contribution in [3.63, 3.8) is 0 Å². The molecule has 3 N–H and O–H groups in total. The van der Waals surface area contributed by atoms with Crippen LogP contribution in [0.15, 0.2) is 53.5 Å². The highest BCUT2D eigenvalue weighted by Crippen LogP contribution is 2.35. The molecule has 192 valence electrons. The number of nitrogens with zero attached hydrogens (tertiary/aromatic N) is 2. The molecule has 1 aliphatic rings. The quantitative estimate of drug-likeness (QED) is 0.321. The van der Waals surface area contributed by atoms with Gasteiger partial charge in [0.15, 0.2) is 0 Å². The van der Waals surface area contributed by atoms with Crippen LogP contribution in [0, 0.1) is 5.82 Å². The lowest BCUT2D eigenvalue weighted by molar-refractivity contribution is 0.590. The Kier molecular flexibility index (Phi) is 6.63. The first-order valence-corrected chi connectivity index (χ1v) is 13.1. The number of aromatic amines is 1. The van der Waals surface area contributed by atoms with Crippen LogP contribution in [0.1, 0.15) is 69.2 Å². The minimum absolute atomic E-state index is 0.0252. The average Bonchev–Trinajstić information content (AvgIpc) is 3.27. The Hall–Kier alpha value is -3.51. The highest BCUT2D eigenvalue weighted by atomic mass is 19.1. The number of rotatable bonds is 6. The van der Waals surface area contributed by atoms with E-state index in [0.29, 0.717) is 23.3 Å². The Morgan fingerprint density at radius 3 is 2.65 bits per heavy atom. The zero-order chi connectivity index (χ0) is 26.3. The van der Waals surface area contributed by atoms with Crippen LogP contribution in [0.25, 0.3) is 34.1 Å². The van der Waals surface area contributed by atoms with E-state index in [0.717, 1.165) is 53.4 Å². The second-order valence-electron chi connectivity index (χ2n) is 11.3. The van der Waals surface area contributed by atoms with E-state index in [1.54, 1.807) is 10.8 Å². The lowest BCUT2D eigenvalue weighted by Gasteiger charge is -2.19. The van der Waals surface area contributed by atoms with Crippen molar-refractivity contribution in [2.24, 2.45) is 5.73 Å². The molecule has 5 rings (SSSR count). The summed E-state index contributed by atoms with van der Waals surface area (Å²) in [5.74, 6) is -0.199. The fraction of sp³-hybridized carbons (Fsp3) is 0.355. The average molecular weight is 499 g/mol. The van der Waals surface area contributed by atoms with E-state index in [1.165, 1.54) is 5.56 Å². The van der Waals surface area contributed by atoms with Crippen molar-refractivity contribution in [3.8, 4) is 16.9 Å². The smallest absolute Gasteiger partial charge is 0.339 e. The monoisotopic (exact) mass is 498 g/mol. The van der Waals surface area contributed by atoms with Crippen LogP contribution in [-0.4, -0.2) is 20.6 Å². The van der Waals surface area contributed by atoms with E-state index in [2.05, 4.69) is 42.9 Å². The molecule has 2 heterocycles.